The highest BCUT2D eigenvalue weighted by atomic mass is 35.5. The molecule has 0 saturated heterocycles. The third-order valence-electron chi connectivity index (χ3n) is 5.39. The van der Waals surface area contributed by atoms with E-state index in [0.29, 0.717) is 31.9 Å². The number of H-pyrrole nitrogens is 1. The maximum Gasteiger partial charge on any atom is 0.390 e. The lowest BCUT2D eigenvalue weighted by atomic mass is 10.1. The van der Waals surface area contributed by atoms with Crippen LogP contribution < -0.4 is 16.0 Å². The van der Waals surface area contributed by atoms with Gasteiger partial charge < -0.3 is 4.74 Å². The van der Waals surface area contributed by atoms with Crippen LogP contribution in [-0.2, 0) is 6.54 Å². The van der Waals surface area contributed by atoms with E-state index in [9.17, 15) is 22.8 Å². The van der Waals surface area contributed by atoms with Crippen molar-refractivity contribution in [1.82, 2.24) is 14.5 Å². The molecule has 1 N–H and O–H groups in total. The summed E-state index contributed by atoms with van der Waals surface area (Å²) in [7, 11) is 0. The van der Waals surface area contributed by atoms with Gasteiger partial charge in [-0.3, -0.25) is 14.3 Å². The Morgan fingerprint density at radius 3 is 2.54 bits per heavy atom. The fraction of sp³-hybridized carbons (Fsp3) is 0.261. The molecule has 12 heteroatoms. The molecule has 0 spiro atoms. The minimum absolute atomic E-state index is 0.181. The number of nitrogens with zero attached hydrogens (tertiary/aromatic N) is 2. The number of ether oxygens (including phenoxy) is 1. The first-order chi connectivity index (χ1) is 16.4. The zero-order chi connectivity index (χ0) is 25.5. The van der Waals surface area contributed by atoms with Gasteiger partial charge in [0, 0.05) is 29.2 Å². The van der Waals surface area contributed by atoms with E-state index < -0.39 is 30.4 Å². The highest BCUT2D eigenvalue weighted by molar-refractivity contribution is 7.22. The highest BCUT2D eigenvalue weighted by Gasteiger charge is 2.28. The Bertz CT molecular complexity index is 1510. The van der Waals surface area contributed by atoms with Crippen LogP contribution in [-0.4, -0.2) is 20.7 Å². The molecule has 0 amide bonds. The number of alkyl halides is 3. The second-order valence-corrected chi connectivity index (χ2v) is 9.64. The second kappa shape index (κ2) is 9.67. The third kappa shape index (κ3) is 5.39. The smallest absolute Gasteiger partial charge is 0.390 e. The van der Waals surface area contributed by atoms with Crippen molar-refractivity contribution in [3.63, 3.8) is 0 Å². The summed E-state index contributed by atoms with van der Waals surface area (Å²) in [5.41, 5.74) is 0.468. The molecule has 1 aromatic carbocycles. The van der Waals surface area contributed by atoms with Gasteiger partial charge in [-0.15, -0.1) is 11.3 Å². The Hall–Kier alpha value is -2.82. The van der Waals surface area contributed by atoms with Gasteiger partial charge in [-0.25, -0.2) is 9.78 Å². The zero-order valence-electron chi connectivity index (χ0n) is 18.4. The van der Waals surface area contributed by atoms with Crippen molar-refractivity contribution >= 4 is 44.8 Å². The van der Waals surface area contributed by atoms with Gasteiger partial charge in [-0.1, -0.05) is 29.3 Å². The Kier molecular flexibility index (Phi) is 6.99. The lowest BCUT2D eigenvalue weighted by molar-refractivity contribution is -0.136. The number of nitrogens with one attached hydrogen (secondary N) is 1. The Morgan fingerprint density at radius 2 is 1.91 bits per heavy atom. The first-order valence-corrected chi connectivity index (χ1v) is 11.9. The van der Waals surface area contributed by atoms with E-state index in [2.05, 4.69) is 9.97 Å². The summed E-state index contributed by atoms with van der Waals surface area (Å²) < 4.78 is 45.1. The number of fused-ring (bicyclic) bond motifs is 1. The predicted molar refractivity (Wildman–Crippen MR) is 131 cm³/mol. The molecule has 0 fully saturated rings. The average molecular weight is 544 g/mol. The molecule has 4 aromatic rings. The summed E-state index contributed by atoms with van der Waals surface area (Å²) in [6.45, 7) is 2.92. The Morgan fingerprint density at radius 1 is 1.17 bits per heavy atom. The molecule has 0 bridgehead atoms. The molecule has 4 rings (SSSR count). The molecule has 35 heavy (non-hydrogen) atoms. The van der Waals surface area contributed by atoms with Crippen molar-refractivity contribution in [1.29, 1.82) is 0 Å². The van der Waals surface area contributed by atoms with E-state index in [-0.39, 0.29) is 16.3 Å². The van der Waals surface area contributed by atoms with Crippen LogP contribution >= 0.6 is 34.5 Å². The average Bonchev–Trinajstić information content (AvgIpc) is 3.12. The minimum atomic E-state index is -4.44. The first kappa shape index (κ1) is 25.3. The molecule has 0 radical (unpaired) electrons. The number of hydrogen-bond donors (Lipinski definition) is 1. The fourth-order valence-electron chi connectivity index (χ4n) is 3.59. The normalized spacial score (nSPS) is 12.8. The molecule has 184 valence electrons. The lowest BCUT2D eigenvalue weighted by Crippen LogP contribution is -2.31. The van der Waals surface area contributed by atoms with Crippen LogP contribution in [0.5, 0.6) is 5.88 Å². The number of hydrogen-bond acceptors (Lipinski definition) is 5. The summed E-state index contributed by atoms with van der Waals surface area (Å²) in [6.07, 6.45) is -4.45. The molecule has 1 unspecified atom stereocenters. The zero-order valence-corrected chi connectivity index (χ0v) is 20.7. The topological polar surface area (TPSA) is 77.0 Å². The third-order valence-corrected chi connectivity index (χ3v) is 7.50. The molecule has 0 saturated carbocycles. The van der Waals surface area contributed by atoms with Crippen molar-refractivity contribution in [2.45, 2.75) is 39.1 Å². The number of aromatic nitrogens is 3. The monoisotopic (exact) mass is 543 g/mol. The predicted octanol–water partition coefficient (Wildman–Crippen LogP) is 6.52. The van der Waals surface area contributed by atoms with E-state index in [1.165, 1.54) is 0 Å². The number of halogens is 5. The summed E-state index contributed by atoms with van der Waals surface area (Å²) >= 11 is 13.1. The molecule has 3 aromatic heterocycles. The molecule has 1 atom stereocenters. The maximum absolute atomic E-state index is 12.8. The van der Waals surface area contributed by atoms with Crippen molar-refractivity contribution in [3.8, 4) is 16.3 Å². The van der Waals surface area contributed by atoms with Gasteiger partial charge in [-0.2, -0.15) is 13.2 Å². The van der Waals surface area contributed by atoms with E-state index in [1.807, 2.05) is 6.92 Å². The molecule has 3 heterocycles. The van der Waals surface area contributed by atoms with Crippen LogP contribution in [0.2, 0.25) is 10.0 Å². The van der Waals surface area contributed by atoms with Crippen LogP contribution in [0.4, 0.5) is 13.2 Å². The largest absolute Gasteiger partial charge is 0.470 e. The van der Waals surface area contributed by atoms with Crippen molar-refractivity contribution in [2.24, 2.45) is 0 Å². The number of aromatic amines is 1. The molecule has 0 aliphatic carbocycles. The molecule has 6 nitrogen and oxygen atoms in total. The Labute approximate surface area is 210 Å². The van der Waals surface area contributed by atoms with Crippen molar-refractivity contribution < 1.29 is 17.9 Å². The van der Waals surface area contributed by atoms with Gasteiger partial charge in [0.2, 0.25) is 5.88 Å². The van der Waals surface area contributed by atoms with Gasteiger partial charge in [0.05, 0.1) is 21.9 Å². The van der Waals surface area contributed by atoms with E-state index >= 15 is 0 Å². The summed E-state index contributed by atoms with van der Waals surface area (Å²) in [4.78, 5) is 31.9. The first-order valence-electron chi connectivity index (χ1n) is 10.4. The molecule has 0 aliphatic heterocycles. The van der Waals surface area contributed by atoms with Crippen LogP contribution in [0.15, 0.2) is 46.1 Å². The van der Waals surface area contributed by atoms with Gasteiger partial charge in [-0.05, 0) is 43.2 Å². The minimum Gasteiger partial charge on any atom is -0.470 e. The van der Waals surface area contributed by atoms with Gasteiger partial charge >= 0.3 is 11.9 Å². The maximum atomic E-state index is 12.8. The van der Waals surface area contributed by atoms with E-state index in [1.54, 1.807) is 43.5 Å². The molecule has 0 aliphatic rings. The number of benzene rings is 1. The van der Waals surface area contributed by atoms with E-state index in [4.69, 9.17) is 27.9 Å². The van der Waals surface area contributed by atoms with Crippen LogP contribution in [0, 0.1) is 6.92 Å². The molecular formula is C23H18Cl2F3N3O3S. The number of aryl methyl sites for hydroxylation is 2. The fourth-order valence-corrected chi connectivity index (χ4v) is 5.22. The van der Waals surface area contributed by atoms with Gasteiger partial charge in [0.15, 0.2) is 0 Å². The van der Waals surface area contributed by atoms with Gasteiger partial charge in [0.1, 0.15) is 10.9 Å². The van der Waals surface area contributed by atoms with Crippen molar-refractivity contribution in [3.05, 3.63) is 78.5 Å². The van der Waals surface area contributed by atoms with Crippen LogP contribution in [0.3, 0.4) is 0 Å². The summed E-state index contributed by atoms with van der Waals surface area (Å²) in [5, 5.41) is 1.03. The highest BCUT2D eigenvalue weighted by Crippen LogP contribution is 2.37. The van der Waals surface area contributed by atoms with Crippen LogP contribution in [0.1, 0.15) is 30.6 Å². The number of thiophene rings is 1. The number of pyridine rings is 1. The lowest BCUT2D eigenvalue weighted by Gasteiger charge is -2.15. The van der Waals surface area contributed by atoms with Crippen molar-refractivity contribution in [2.75, 3.05) is 0 Å². The Balaban J connectivity index is 1.65. The number of rotatable bonds is 6. The van der Waals surface area contributed by atoms with Gasteiger partial charge in [0.25, 0.3) is 5.56 Å². The SMILES string of the molecule is Cc1c(-c2ccc(OC(C)c3ccc(Cl)c(Cl)c3)nc2)sc2c1c(=O)[nH]c(=O)n2CCC(F)(F)F. The standard InChI is InChI=1S/C23H18Cl2F3N3O3S/c1-11-18-20(32)30-22(33)31(8-7-23(26,27)28)21(18)35-19(11)14-4-6-17(29-10-14)34-12(2)13-3-5-15(24)16(25)9-13/h3-6,9-10,12H,7-8H2,1-2H3,(H,30,32,33). The van der Waals surface area contributed by atoms with Crippen LogP contribution in [0.25, 0.3) is 20.7 Å². The second-order valence-electron chi connectivity index (χ2n) is 7.83. The van der Waals surface area contributed by atoms with E-state index in [0.717, 1.165) is 21.5 Å². The summed E-state index contributed by atoms with van der Waals surface area (Å²) in [6, 6.07) is 8.56. The summed E-state index contributed by atoms with van der Waals surface area (Å²) in [5.74, 6) is 0.339. The quantitative estimate of drug-likeness (QED) is 0.300. The molecular weight excluding hydrogens is 526 g/mol.